The van der Waals surface area contributed by atoms with Gasteiger partial charge in [0.25, 0.3) is 17.3 Å². The van der Waals surface area contributed by atoms with Crippen LogP contribution in [0, 0.1) is 26.0 Å². The molecule has 1 saturated heterocycles. The summed E-state index contributed by atoms with van der Waals surface area (Å²) in [4.78, 5) is 36.6. The van der Waals surface area contributed by atoms with E-state index in [4.69, 9.17) is 0 Å². The minimum absolute atomic E-state index is 0.180. The van der Waals surface area contributed by atoms with Gasteiger partial charge in [-0.3, -0.25) is 25.0 Å². The van der Waals surface area contributed by atoms with Crippen molar-refractivity contribution in [2.75, 3.05) is 31.1 Å². The number of nitro groups is 2. The molecule has 0 bridgehead atoms. The van der Waals surface area contributed by atoms with E-state index < -0.39 is 27.1 Å². The first-order valence-corrected chi connectivity index (χ1v) is 8.09. The number of benzene rings is 2. The van der Waals surface area contributed by atoms with Crippen molar-refractivity contribution in [3.05, 3.63) is 74.1 Å². The molecule has 1 amide bonds. The van der Waals surface area contributed by atoms with Crippen LogP contribution in [-0.2, 0) is 0 Å². The van der Waals surface area contributed by atoms with Crippen molar-refractivity contribution >= 4 is 23.0 Å². The molecule has 0 unspecified atom stereocenters. The van der Waals surface area contributed by atoms with Crippen LogP contribution in [-0.4, -0.2) is 46.8 Å². The maximum absolute atomic E-state index is 13.0. The van der Waals surface area contributed by atoms with Gasteiger partial charge in [-0.15, -0.1) is 0 Å². The Hall–Kier alpha value is -3.56. The highest BCUT2D eigenvalue weighted by Crippen LogP contribution is 2.26. The molecule has 0 radical (unpaired) electrons. The lowest BCUT2D eigenvalue weighted by atomic mass is 10.1. The lowest BCUT2D eigenvalue weighted by molar-refractivity contribution is -0.394. The molecule has 1 heterocycles. The molecule has 0 N–H and O–H groups in total. The van der Waals surface area contributed by atoms with E-state index in [1.165, 1.54) is 17.0 Å². The number of hydrogen-bond donors (Lipinski definition) is 0. The van der Waals surface area contributed by atoms with Crippen molar-refractivity contribution in [2.24, 2.45) is 0 Å². The number of nitrogens with zero attached hydrogens (tertiary/aromatic N) is 4. The second kappa shape index (κ2) is 7.36. The van der Waals surface area contributed by atoms with E-state index in [1.54, 1.807) is 12.1 Å². The van der Waals surface area contributed by atoms with Crippen LogP contribution in [0.5, 0.6) is 0 Å². The van der Waals surface area contributed by atoms with Crippen LogP contribution in [0.1, 0.15) is 10.4 Å². The Morgan fingerprint density at radius 2 is 1.56 bits per heavy atom. The van der Waals surface area contributed by atoms with E-state index in [1.807, 2.05) is 4.90 Å². The van der Waals surface area contributed by atoms with Gasteiger partial charge in [0.2, 0.25) is 0 Å². The number of nitro benzene ring substituents is 2. The first-order valence-electron chi connectivity index (χ1n) is 8.09. The molecule has 0 atom stereocenters. The van der Waals surface area contributed by atoms with Gasteiger partial charge in [-0.25, -0.2) is 4.39 Å². The number of anilines is 1. The smallest absolute Gasteiger partial charge is 0.289 e. The molecule has 0 aromatic heterocycles. The molecule has 10 heteroatoms. The molecule has 1 aliphatic heterocycles. The van der Waals surface area contributed by atoms with Gasteiger partial charge in [0.1, 0.15) is 11.4 Å². The van der Waals surface area contributed by atoms with Crippen molar-refractivity contribution in [1.82, 2.24) is 4.90 Å². The predicted octanol–water partition coefficient (Wildman–Crippen LogP) is 2.60. The standard InChI is InChI=1S/C17H15FN4O5/c18-12-1-3-13(4-2-12)19-7-9-20(10-8-19)17(23)15-6-5-14(21(24)25)11-16(15)22(26)27/h1-6,11H,7-10H2. The summed E-state index contributed by atoms with van der Waals surface area (Å²) in [7, 11) is 0. The monoisotopic (exact) mass is 374 g/mol. The maximum Gasteiger partial charge on any atom is 0.289 e. The predicted molar refractivity (Wildman–Crippen MR) is 94.3 cm³/mol. The number of halogens is 1. The summed E-state index contributed by atoms with van der Waals surface area (Å²) in [5.41, 5.74) is -0.389. The summed E-state index contributed by atoms with van der Waals surface area (Å²) in [6.07, 6.45) is 0. The largest absolute Gasteiger partial charge is 0.368 e. The van der Waals surface area contributed by atoms with Gasteiger partial charge in [-0.2, -0.15) is 0 Å². The highest BCUT2D eigenvalue weighted by Gasteiger charge is 2.29. The minimum Gasteiger partial charge on any atom is -0.368 e. The van der Waals surface area contributed by atoms with E-state index >= 15 is 0 Å². The lowest BCUT2D eigenvalue weighted by Crippen LogP contribution is -2.48. The summed E-state index contributed by atoms with van der Waals surface area (Å²) < 4.78 is 13.0. The van der Waals surface area contributed by atoms with Crippen molar-refractivity contribution in [1.29, 1.82) is 0 Å². The highest BCUT2D eigenvalue weighted by atomic mass is 19.1. The van der Waals surface area contributed by atoms with Gasteiger partial charge in [0, 0.05) is 37.9 Å². The van der Waals surface area contributed by atoms with Gasteiger partial charge in [-0.05, 0) is 30.3 Å². The zero-order valence-electron chi connectivity index (χ0n) is 14.1. The Kier molecular flexibility index (Phi) is 4.97. The summed E-state index contributed by atoms with van der Waals surface area (Å²) in [5.74, 6) is -0.881. The third kappa shape index (κ3) is 3.84. The number of carbonyl (C=O) groups excluding carboxylic acids is 1. The van der Waals surface area contributed by atoms with Crippen LogP contribution in [0.4, 0.5) is 21.5 Å². The van der Waals surface area contributed by atoms with Gasteiger partial charge in [-0.1, -0.05) is 0 Å². The summed E-state index contributed by atoms with van der Waals surface area (Å²) in [6.45, 7) is 1.62. The Bertz CT molecular complexity index is 895. The number of carbonyl (C=O) groups is 1. The first-order chi connectivity index (χ1) is 12.9. The topological polar surface area (TPSA) is 110 Å². The summed E-state index contributed by atoms with van der Waals surface area (Å²) in [6, 6.07) is 8.99. The van der Waals surface area contributed by atoms with E-state index in [-0.39, 0.29) is 11.4 Å². The van der Waals surface area contributed by atoms with Gasteiger partial charge in [0.05, 0.1) is 15.9 Å². The normalized spacial score (nSPS) is 14.1. The number of amides is 1. The quantitative estimate of drug-likeness (QED) is 0.601. The first kappa shape index (κ1) is 18.2. The van der Waals surface area contributed by atoms with E-state index in [0.29, 0.717) is 26.2 Å². The molecule has 0 saturated carbocycles. The molecule has 9 nitrogen and oxygen atoms in total. The van der Waals surface area contributed by atoms with E-state index in [9.17, 15) is 29.4 Å². The second-order valence-corrected chi connectivity index (χ2v) is 5.97. The maximum atomic E-state index is 13.0. The third-order valence-corrected chi connectivity index (χ3v) is 4.38. The molecular formula is C17H15FN4O5. The van der Waals surface area contributed by atoms with Crippen molar-refractivity contribution in [2.45, 2.75) is 0 Å². The molecule has 2 aromatic carbocycles. The second-order valence-electron chi connectivity index (χ2n) is 5.97. The van der Waals surface area contributed by atoms with Crippen molar-refractivity contribution < 1.29 is 19.0 Å². The number of hydrogen-bond acceptors (Lipinski definition) is 6. The van der Waals surface area contributed by atoms with Crippen LogP contribution in [0.2, 0.25) is 0 Å². The fourth-order valence-electron chi connectivity index (χ4n) is 2.96. The van der Waals surface area contributed by atoms with Crippen molar-refractivity contribution in [3.8, 4) is 0 Å². The number of rotatable bonds is 4. The van der Waals surface area contributed by atoms with Gasteiger partial charge in [0.15, 0.2) is 0 Å². The molecule has 140 valence electrons. The van der Waals surface area contributed by atoms with Gasteiger partial charge < -0.3 is 9.80 Å². The zero-order chi connectivity index (χ0) is 19.6. The van der Waals surface area contributed by atoms with E-state index in [0.717, 1.165) is 23.9 Å². The van der Waals surface area contributed by atoms with E-state index in [2.05, 4.69) is 0 Å². The molecule has 3 rings (SSSR count). The molecule has 0 spiro atoms. The Morgan fingerprint density at radius 3 is 2.11 bits per heavy atom. The molecule has 27 heavy (non-hydrogen) atoms. The molecule has 0 aliphatic carbocycles. The van der Waals surface area contributed by atoms with Gasteiger partial charge >= 0.3 is 0 Å². The fraction of sp³-hybridized carbons (Fsp3) is 0.235. The number of piperazine rings is 1. The lowest BCUT2D eigenvalue weighted by Gasteiger charge is -2.36. The minimum atomic E-state index is -0.797. The molecule has 1 fully saturated rings. The molecule has 1 aliphatic rings. The third-order valence-electron chi connectivity index (χ3n) is 4.38. The van der Waals surface area contributed by atoms with Crippen LogP contribution in [0.15, 0.2) is 42.5 Å². The average molecular weight is 374 g/mol. The average Bonchev–Trinajstić information content (AvgIpc) is 2.67. The Morgan fingerprint density at radius 1 is 0.926 bits per heavy atom. The Labute approximate surface area is 152 Å². The SMILES string of the molecule is O=C(c1ccc([N+](=O)[O-])cc1[N+](=O)[O-])N1CCN(c2ccc(F)cc2)CC1. The summed E-state index contributed by atoms with van der Waals surface area (Å²) in [5, 5.41) is 22.0. The molecular weight excluding hydrogens is 359 g/mol. The van der Waals surface area contributed by atoms with Crippen LogP contribution < -0.4 is 4.90 Å². The van der Waals surface area contributed by atoms with Crippen LogP contribution >= 0.6 is 0 Å². The fourth-order valence-corrected chi connectivity index (χ4v) is 2.96. The summed E-state index contributed by atoms with van der Waals surface area (Å²) >= 11 is 0. The molecule has 2 aromatic rings. The Balaban J connectivity index is 1.75. The number of non-ortho nitro benzene ring substituents is 1. The zero-order valence-corrected chi connectivity index (χ0v) is 14.1. The van der Waals surface area contributed by atoms with Crippen LogP contribution in [0.25, 0.3) is 0 Å². The van der Waals surface area contributed by atoms with Crippen molar-refractivity contribution in [3.63, 3.8) is 0 Å². The highest BCUT2D eigenvalue weighted by molar-refractivity contribution is 5.98. The van der Waals surface area contributed by atoms with Crippen LogP contribution in [0.3, 0.4) is 0 Å².